The van der Waals surface area contributed by atoms with Gasteiger partial charge in [0.25, 0.3) is 11.5 Å². The molecule has 2 heterocycles. The summed E-state index contributed by atoms with van der Waals surface area (Å²) in [5.74, 6) is -0.319. The third-order valence-electron chi connectivity index (χ3n) is 3.87. The maximum Gasteiger partial charge on any atom is 0.330 e. The Labute approximate surface area is 155 Å². The van der Waals surface area contributed by atoms with Crippen LogP contribution in [0.25, 0.3) is 6.08 Å². The molecule has 0 saturated heterocycles. The zero-order valence-electron chi connectivity index (χ0n) is 15.0. The lowest BCUT2D eigenvalue weighted by molar-refractivity contribution is -0.114. The zero-order chi connectivity index (χ0) is 19.1. The minimum Gasteiger partial charge on any atom is -0.383 e. The van der Waals surface area contributed by atoms with Gasteiger partial charge in [-0.1, -0.05) is 26.3 Å². The smallest absolute Gasteiger partial charge is 0.330 e. The number of nitrogens with two attached hydrogens (primary N) is 1. The topological polar surface area (TPSA) is 101 Å². The van der Waals surface area contributed by atoms with E-state index in [9.17, 15) is 14.4 Å². The van der Waals surface area contributed by atoms with Crippen LogP contribution in [0.1, 0.15) is 38.0 Å². The molecule has 26 heavy (non-hydrogen) atoms. The molecule has 2 rings (SSSR count). The number of anilines is 2. The van der Waals surface area contributed by atoms with Gasteiger partial charge in [0.05, 0.1) is 0 Å². The summed E-state index contributed by atoms with van der Waals surface area (Å²) in [5, 5.41) is 1.92. The highest BCUT2D eigenvalue weighted by molar-refractivity contribution is 7.10. The molecule has 0 aliphatic heterocycles. The molecule has 2 aromatic heterocycles. The van der Waals surface area contributed by atoms with Gasteiger partial charge in [-0.05, 0) is 30.4 Å². The summed E-state index contributed by atoms with van der Waals surface area (Å²) in [6.07, 6.45) is 5.38. The van der Waals surface area contributed by atoms with Crippen LogP contribution in [0.2, 0.25) is 0 Å². The van der Waals surface area contributed by atoms with Crippen LogP contribution >= 0.6 is 11.3 Å². The van der Waals surface area contributed by atoms with Crippen LogP contribution in [0.4, 0.5) is 11.5 Å². The van der Waals surface area contributed by atoms with Gasteiger partial charge in [0.15, 0.2) is 5.69 Å². The Morgan fingerprint density at radius 1 is 1.35 bits per heavy atom. The van der Waals surface area contributed by atoms with E-state index in [4.69, 9.17) is 5.73 Å². The molecule has 7 nitrogen and oxygen atoms in total. The monoisotopic (exact) mass is 376 g/mol. The Balaban J connectivity index is 2.46. The van der Waals surface area contributed by atoms with Gasteiger partial charge in [-0.15, -0.1) is 11.3 Å². The lowest BCUT2D eigenvalue weighted by Gasteiger charge is -2.23. The molecule has 140 valence electrons. The number of nitrogens with zero attached hydrogens (tertiary/aromatic N) is 2. The first-order valence-electron chi connectivity index (χ1n) is 8.65. The summed E-state index contributed by atoms with van der Waals surface area (Å²) in [4.78, 5) is 41.7. The number of aromatic nitrogens is 2. The fourth-order valence-corrected chi connectivity index (χ4v) is 3.18. The Kier molecular flexibility index (Phi) is 6.97. The molecule has 3 N–H and O–H groups in total. The molecule has 0 bridgehead atoms. The normalized spacial score (nSPS) is 11.2. The molecule has 0 spiro atoms. The Morgan fingerprint density at radius 2 is 2.12 bits per heavy atom. The Bertz CT molecular complexity index is 881. The van der Waals surface area contributed by atoms with Crippen LogP contribution < -0.4 is 21.9 Å². The van der Waals surface area contributed by atoms with Gasteiger partial charge in [0.2, 0.25) is 0 Å². The molecule has 0 unspecified atom stereocenters. The molecule has 0 aromatic carbocycles. The molecule has 8 heteroatoms. The number of H-pyrrole nitrogens is 1. The maximum atomic E-state index is 12.8. The summed E-state index contributed by atoms with van der Waals surface area (Å²) >= 11 is 1.51. The van der Waals surface area contributed by atoms with E-state index in [-0.39, 0.29) is 17.4 Å². The molecule has 0 atom stereocenters. The van der Waals surface area contributed by atoms with Crippen molar-refractivity contribution in [3.8, 4) is 0 Å². The summed E-state index contributed by atoms with van der Waals surface area (Å²) in [6.45, 7) is 4.62. The number of thiophene rings is 1. The highest BCUT2D eigenvalue weighted by atomic mass is 32.1. The number of hydrogen-bond acceptors (Lipinski definition) is 5. The largest absolute Gasteiger partial charge is 0.383 e. The fraction of sp³-hybridized carbons (Fsp3) is 0.389. The molecule has 1 amide bonds. The van der Waals surface area contributed by atoms with Crippen molar-refractivity contribution in [2.24, 2.45) is 0 Å². The highest BCUT2D eigenvalue weighted by Crippen LogP contribution is 2.19. The molecular weight excluding hydrogens is 352 g/mol. The van der Waals surface area contributed by atoms with E-state index in [2.05, 4.69) is 4.98 Å². The van der Waals surface area contributed by atoms with Crippen molar-refractivity contribution >= 4 is 34.8 Å². The number of unbranched alkanes of at least 4 members (excludes halogenated alkanes) is 1. The van der Waals surface area contributed by atoms with Crippen LogP contribution in [0.5, 0.6) is 0 Å². The van der Waals surface area contributed by atoms with E-state index in [0.29, 0.717) is 25.9 Å². The lowest BCUT2D eigenvalue weighted by Crippen LogP contribution is -2.41. The zero-order valence-corrected chi connectivity index (χ0v) is 15.8. The van der Waals surface area contributed by atoms with Crippen LogP contribution in [-0.4, -0.2) is 22.0 Å². The van der Waals surface area contributed by atoms with E-state index in [1.54, 1.807) is 6.08 Å². The number of carbonyl (C=O) groups is 1. The van der Waals surface area contributed by atoms with Crippen LogP contribution in [0, 0.1) is 0 Å². The van der Waals surface area contributed by atoms with E-state index < -0.39 is 11.2 Å². The van der Waals surface area contributed by atoms with Gasteiger partial charge in [0, 0.05) is 24.0 Å². The third-order valence-corrected chi connectivity index (χ3v) is 4.70. The average Bonchev–Trinajstić information content (AvgIpc) is 3.12. The molecular formula is C18H24N4O3S. The number of nitrogens with one attached hydrogen (secondary N) is 1. The Hall–Kier alpha value is -2.61. The van der Waals surface area contributed by atoms with Crippen molar-refractivity contribution in [2.75, 3.05) is 17.2 Å². The predicted molar refractivity (Wildman–Crippen MR) is 107 cm³/mol. The average molecular weight is 376 g/mol. The number of rotatable bonds is 8. The molecule has 0 radical (unpaired) electrons. The highest BCUT2D eigenvalue weighted by Gasteiger charge is 2.22. The van der Waals surface area contributed by atoms with Crippen molar-refractivity contribution in [1.82, 2.24) is 9.55 Å². The minimum atomic E-state index is -0.645. The standard InChI is InChI=1S/C18H24N4O3S/c1-3-5-11-21(14(23)9-8-13-7-6-12-26-13)15-16(19)22(10-4-2)18(25)20-17(15)24/h6-9,12H,3-5,10-11,19H2,1-2H3,(H,20,24,25). The van der Waals surface area contributed by atoms with Crippen molar-refractivity contribution in [2.45, 2.75) is 39.7 Å². The van der Waals surface area contributed by atoms with E-state index in [1.807, 2.05) is 31.4 Å². The molecule has 0 aliphatic rings. The van der Waals surface area contributed by atoms with E-state index in [1.165, 1.54) is 26.9 Å². The number of aromatic amines is 1. The van der Waals surface area contributed by atoms with Crippen LogP contribution in [0.3, 0.4) is 0 Å². The van der Waals surface area contributed by atoms with E-state index >= 15 is 0 Å². The fourth-order valence-electron chi connectivity index (χ4n) is 2.56. The minimum absolute atomic E-state index is 0.0228. The van der Waals surface area contributed by atoms with Crippen molar-refractivity contribution in [3.05, 3.63) is 49.3 Å². The van der Waals surface area contributed by atoms with Gasteiger partial charge in [-0.3, -0.25) is 19.1 Å². The second-order valence-corrected chi connectivity index (χ2v) is 6.82. The SMILES string of the molecule is CCCCN(C(=O)C=Cc1cccs1)c1c(N)n(CCC)c(=O)[nH]c1=O. The first kappa shape index (κ1) is 19.7. The number of hydrogen-bond donors (Lipinski definition) is 2. The second kappa shape index (κ2) is 9.19. The number of amides is 1. The predicted octanol–water partition coefficient (Wildman–Crippen LogP) is 2.44. The van der Waals surface area contributed by atoms with E-state index in [0.717, 1.165) is 11.3 Å². The summed E-state index contributed by atoms with van der Waals surface area (Å²) in [7, 11) is 0. The van der Waals surface area contributed by atoms with Gasteiger partial charge in [-0.2, -0.15) is 0 Å². The van der Waals surface area contributed by atoms with Crippen LogP contribution in [-0.2, 0) is 11.3 Å². The maximum absolute atomic E-state index is 12.8. The van der Waals surface area contributed by atoms with Crippen molar-refractivity contribution in [3.63, 3.8) is 0 Å². The summed E-state index contributed by atoms with van der Waals surface area (Å²) < 4.78 is 1.30. The summed E-state index contributed by atoms with van der Waals surface area (Å²) in [5.41, 5.74) is 4.93. The third kappa shape index (κ3) is 4.51. The second-order valence-electron chi connectivity index (χ2n) is 5.84. The van der Waals surface area contributed by atoms with Gasteiger partial charge in [0.1, 0.15) is 5.82 Å². The van der Waals surface area contributed by atoms with Crippen molar-refractivity contribution in [1.29, 1.82) is 0 Å². The quantitative estimate of drug-likeness (QED) is 0.691. The molecule has 0 saturated carbocycles. The Morgan fingerprint density at radius 3 is 2.73 bits per heavy atom. The number of nitrogen functional groups attached to an aromatic ring is 1. The lowest BCUT2D eigenvalue weighted by atomic mass is 10.2. The first-order chi connectivity index (χ1) is 12.5. The summed E-state index contributed by atoms with van der Waals surface area (Å²) in [6, 6.07) is 3.79. The molecule has 0 fully saturated rings. The van der Waals surface area contributed by atoms with Gasteiger partial charge in [-0.25, -0.2) is 4.79 Å². The first-order valence-corrected chi connectivity index (χ1v) is 9.53. The van der Waals surface area contributed by atoms with Crippen LogP contribution in [0.15, 0.2) is 33.2 Å². The van der Waals surface area contributed by atoms with Gasteiger partial charge >= 0.3 is 5.69 Å². The number of carbonyl (C=O) groups excluding carboxylic acids is 1. The molecule has 2 aromatic rings. The van der Waals surface area contributed by atoms with Crippen molar-refractivity contribution < 1.29 is 4.79 Å². The van der Waals surface area contributed by atoms with Gasteiger partial charge < -0.3 is 10.6 Å². The molecule has 0 aliphatic carbocycles.